The average Bonchev–Trinajstić information content (AvgIpc) is 3.08. The third kappa shape index (κ3) is 3.48. The summed E-state index contributed by atoms with van der Waals surface area (Å²) in [6.45, 7) is 6.27. The molecule has 0 aliphatic carbocycles. The van der Waals surface area contributed by atoms with Crippen LogP contribution in [0.3, 0.4) is 0 Å². The number of nitrogen functional groups attached to an aromatic ring is 1. The Labute approximate surface area is 142 Å². The predicted molar refractivity (Wildman–Crippen MR) is 93.8 cm³/mol. The van der Waals surface area contributed by atoms with E-state index in [9.17, 15) is 0 Å². The molecule has 8 heteroatoms. The number of rotatable bonds is 6. The van der Waals surface area contributed by atoms with Gasteiger partial charge in [-0.05, 0) is 25.8 Å². The number of fused-ring (bicyclic) bond motifs is 1. The zero-order valence-corrected chi connectivity index (χ0v) is 15.1. The van der Waals surface area contributed by atoms with Crippen molar-refractivity contribution >= 4 is 39.1 Å². The van der Waals surface area contributed by atoms with Gasteiger partial charge in [0.05, 0.1) is 11.1 Å². The highest BCUT2D eigenvalue weighted by atomic mass is 32.2. The second kappa shape index (κ2) is 6.84. The summed E-state index contributed by atoms with van der Waals surface area (Å²) in [7, 11) is 0. The van der Waals surface area contributed by atoms with Gasteiger partial charge in [0.2, 0.25) is 5.89 Å². The lowest BCUT2D eigenvalue weighted by Crippen LogP contribution is -1.96. The van der Waals surface area contributed by atoms with E-state index in [-0.39, 0.29) is 0 Å². The molecule has 0 spiro atoms. The van der Waals surface area contributed by atoms with Crippen LogP contribution in [0.5, 0.6) is 0 Å². The lowest BCUT2D eigenvalue weighted by atomic mass is 10.2. The van der Waals surface area contributed by atoms with Crippen LogP contribution in [-0.4, -0.2) is 20.1 Å². The maximum Gasteiger partial charge on any atom is 0.237 e. The summed E-state index contributed by atoms with van der Waals surface area (Å²) < 4.78 is 5.26. The third-order valence-corrected chi connectivity index (χ3v) is 5.56. The molecule has 0 radical (unpaired) electrons. The fourth-order valence-corrected chi connectivity index (χ4v) is 4.02. The molecule has 122 valence electrons. The van der Waals surface area contributed by atoms with Crippen molar-refractivity contribution in [3.8, 4) is 0 Å². The van der Waals surface area contributed by atoms with Gasteiger partial charge < -0.3 is 10.3 Å². The first-order valence-corrected chi connectivity index (χ1v) is 9.36. The molecule has 0 fully saturated rings. The van der Waals surface area contributed by atoms with Crippen LogP contribution in [0.4, 0.5) is 5.82 Å². The summed E-state index contributed by atoms with van der Waals surface area (Å²) in [5.41, 5.74) is 7.25. The number of aryl methyl sites for hydroxylation is 3. The minimum absolute atomic E-state index is 0.536. The first kappa shape index (κ1) is 16.2. The van der Waals surface area contributed by atoms with E-state index in [0.29, 0.717) is 22.6 Å². The molecule has 3 aromatic heterocycles. The Morgan fingerprint density at radius 3 is 2.83 bits per heavy atom. The minimum Gasteiger partial charge on any atom is -0.383 e. The molecule has 0 saturated heterocycles. The van der Waals surface area contributed by atoms with Crippen LogP contribution >= 0.6 is 23.1 Å². The highest BCUT2D eigenvalue weighted by Gasteiger charge is 2.14. The average molecular weight is 349 g/mol. The van der Waals surface area contributed by atoms with E-state index in [4.69, 9.17) is 10.3 Å². The molecule has 0 atom stereocenters. The molecule has 0 bridgehead atoms. The predicted octanol–water partition coefficient (Wildman–Crippen LogP) is 3.91. The van der Waals surface area contributed by atoms with Crippen molar-refractivity contribution in [2.75, 3.05) is 5.73 Å². The van der Waals surface area contributed by atoms with Crippen molar-refractivity contribution in [2.45, 2.75) is 50.9 Å². The summed E-state index contributed by atoms with van der Waals surface area (Å²) in [5, 5.41) is 5.60. The fourth-order valence-electron chi connectivity index (χ4n) is 2.24. The number of unbranched alkanes of at least 4 members (excludes halogenated alkanes) is 1. The van der Waals surface area contributed by atoms with E-state index >= 15 is 0 Å². The van der Waals surface area contributed by atoms with Crippen LogP contribution in [0.1, 0.15) is 41.9 Å². The highest BCUT2D eigenvalue weighted by molar-refractivity contribution is 7.98. The molecule has 0 amide bonds. The van der Waals surface area contributed by atoms with E-state index in [1.807, 2.05) is 0 Å². The summed E-state index contributed by atoms with van der Waals surface area (Å²) in [4.78, 5) is 15.5. The molecule has 23 heavy (non-hydrogen) atoms. The van der Waals surface area contributed by atoms with Crippen LogP contribution in [0.15, 0.2) is 9.68 Å². The third-order valence-electron chi connectivity index (χ3n) is 3.62. The number of hydrogen-bond acceptors (Lipinski definition) is 8. The zero-order valence-electron chi connectivity index (χ0n) is 13.4. The van der Waals surface area contributed by atoms with Gasteiger partial charge in [-0.25, -0.2) is 9.97 Å². The van der Waals surface area contributed by atoms with Gasteiger partial charge in [-0.3, -0.25) is 0 Å². The van der Waals surface area contributed by atoms with Crippen molar-refractivity contribution in [2.24, 2.45) is 0 Å². The van der Waals surface area contributed by atoms with Crippen molar-refractivity contribution in [3.05, 3.63) is 22.2 Å². The summed E-state index contributed by atoms with van der Waals surface area (Å²) in [6, 6.07) is 0. The van der Waals surface area contributed by atoms with Crippen LogP contribution in [-0.2, 0) is 12.2 Å². The van der Waals surface area contributed by atoms with E-state index in [1.165, 1.54) is 16.6 Å². The van der Waals surface area contributed by atoms with Crippen molar-refractivity contribution < 1.29 is 4.52 Å². The van der Waals surface area contributed by atoms with Gasteiger partial charge in [-0.2, -0.15) is 4.98 Å². The molecule has 0 aromatic carbocycles. The molecule has 3 rings (SSSR count). The monoisotopic (exact) mass is 349 g/mol. The van der Waals surface area contributed by atoms with Crippen LogP contribution in [0.2, 0.25) is 0 Å². The minimum atomic E-state index is 0.536. The fraction of sp³-hybridized carbons (Fsp3) is 0.467. The van der Waals surface area contributed by atoms with E-state index < -0.39 is 0 Å². The second-order valence-corrected chi connectivity index (χ2v) is 7.50. The SMILES string of the molecule is CCCCc1noc(CSc2nc(N)c3c(C)c(C)sc3n2)n1. The van der Waals surface area contributed by atoms with Gasteiger partial charge in [0.15, 0.2) is 11.0 Å². The molecule has 3 heterocycles. The Kier molecular flexibility index (Phi) is 4.82. The Hall–Kier alpha value is -1.67. The maximum atomic E-state index is 6.09. The first-order valence-electron chi connectivity index (χ1n) is 7.56. The highest BCUT2D eigenvalue weighted by Crippen LogP contribution is 2.33. The van der Waals surface area contributed by atoms with E-state index in [0.717, 1.165) is 40.9 Å². The van der Waals surface area contributed by atoms with E-state index in [1.54, 1.807) is 11.3 Å². The van der Waals surface area contributed by atoms with Crippen molar-refractivity contribution in [1.29, 1.82) is 0 Å². The maximum absolute atomic E-state index is 6.09. The van der Waals surface area contributed by atoms with Crippen LogP contribution in [0.25, 0.3) is 10.2 Å². The number of hydrogen-bond donors (Lipinski definition) is 1. The molecule has 0 aliphatic heterocycles. The van der Waals surface area contributed by atoms with Gasteiger partial charge in [0, 0.05) is 11.3 Å². The molecular weight excluding hydrogens is 330 g/mol. The Morgan fingerprint density at radius 1 is 1.22 bits per heavy atom. The second-order valence-electron chi connectivity index (χ2n) is 5.35. The number of anilines is 1. The van der Waals surface area contributed by atoms with E-state index in [2.05, 4.69) is 40.9 Å². The Balaban J connectivity index is 1.73. The van der Waals surface area contributed by atoms with Gasteiger partial charge in [0.25, 0.3) is 0 Å². The molecule has 0 aliphatic rings. The van der Waals surface area contributed by atoms with Gasteiger partial charge >= 0.3 is 0 Å². The number of thioether (sulfide) groups is 1. The Bertz CT molecular complexity index is 827. The molecule has 2 N–H and O–H groups in total. The number of nitrogens with zero attached hydrogens (tertiary/aromatic N) is 4. The molecule has 3 aromatic rings. The normalized spacial score (nSPS) is 11.4. The van der Waals surface area contributed by atoms with Crippen molar-refractivity contribution in [1.82, 2.24) is 20.1 Å². The number of nitrogens with two attached hydrogens (primary N) is 1. The Morgan fingerprint density at radius 2 is 2.04 bits per heavy atom. The first-order chi connectivity index (χ1) is 11.1. The van der Waals surface area contributed by atoms with Crippen LogP contribution in [0, 0.1) is 13.8 Å². The van der Waals surface area contributed by atoms with Gasteiger partial charge in [0.1, 0.15) is 10.6 Å². The molecule has 6 nitrogen and oxygen atoms in total. The number of thiophene rings is 1. The standard InChI is InChI=1S/C15H19N5OS2/c1-4-5-6-10-17-11(21-20-10)7-22-15-18-13(16)12-8(2)9(3)23-14(12)19-15/h4-7H2,1-3H3,(H2,16,18,19). The smallest absolute Gasteiger partial charge is 0.237 e. The summed E-state index contributed by atoms with van der Waals surface area (Å²) >= 11 is 3.11. The summed E-state index contributed by atoms with van der Waals surface area (Å²) in [6.07, 6.45) is 3.04. The van der Waals surface area contributed by atoms with Crippen molar-refractivity contribution in [3.63, 3.8) is 0 Å². The summed E-state index contributed by atoms with van der Waals surface area (Å²) in [5.74, 6) is 2.45. The van der Waals surface area contributed by atoms with Gasteiger partial charge in [-0.15, -0.1) is 11.3 Å². The lowest BCUT2D eigenvalue weighted by Gasteiger charge is -2.01. The largest absolute Gasteiger partial charge is 0.383 e. The molecular formula is C15H19N5OS2. The zero-order chi connectivity index (χ0) is 16.4. The molecule has 0 unspecified atom stereocenters. The number of aromatic nitrogens is 4. The molecule has 0 saturated carbocycles. The van der Waals surface area contributed by atoms with Crippen LogP contribution < -0.4 is 5.73 Å². The topological polar surface area (TPSA) is 90.7 Å². The van der Waals surface area contributed by atoms with Gasteiger partial charge in [-0.1, -0.05) is 30.3 Å². The lowest BCUT2D eigenvalue weighted by molar-refractivity contribution is 0.384. The quantitative estimate of drug-likeness (QED) is 0.533.